The van der Waals surface area contributed by atoms with Crippen LogP contribution in [0.4, 0.5) is 17.5 Å². The molecular formula is C25H19Cl2N7O. The summed E-state index contributed by atoms with van der Waals surface area (Å²) in [6.45, 7) is 0.505. The Bertz CT molecular complexity index is 1490. The van der Waals surface area contributed by atoms with Crippen molar-refractivity contribution < 1.29 is 4.79 Å². The lowest BCUT2D eigenvalue weighted by molar-refractivity contribution is -0.117. The predicted octanol–water partition coefficient (Wildman–Crippen LogP) is 4.93. The number of aromatic nitrogens is 4. The van der Waals surface area contributed by atoms with Gasteiger partial charge in [-0.15, -0.1) is 0 Å². The number of anilines is 3. The van der Waals surface area contributed by atoms with E-state index in [-0.39, 0.29) is 12.3 Å². The van der Waals surface area contributed by atoms with Crippen molar-refractivity contribution in [3.8, 4) is 17.3 Å². The Labute approximate surface area is 211 Å². The molecule has 2 aromatic carbocycles. The number of carbonyl (C=O) groups excluding carboxylic acids is 1. The topological polar surface area (TPSA) is 99.7 Å². The zero-order valence-corrected chi connectivity index (χ0v) is 20.2. The number of nitrogens with one attached hydrogen (secondary N) is 1. The molecule has 8 nitrogen and oxygen atoms in total. The number of amides is 1. The van der Waals surface area contributed by atoms with Crippen LogP contribution in [0.3, 0.4) is 0 Å². The van der Waals surface area contributed by atoms with Crippen molar-refractivity contribution in [2.24, 2.45) is 7.05 Å². The van der Waals surface area contributed by atoms with Gasteiger partial charge < -0.3 is 10.2 Å². The average molecular weight is 504 g/mol. The van der Waals surface area contributed by atoms with Crippen LogP contribution in [0, 0.1) is 11.3 Å². The summed E-state index contributed by atoms with van der Waals surface area (Å²) in [4.78, 5) is 23.7. The smallest absolute Gasteiger partial charge is 0.231 e. The van der Waals surface area contributed by atoms with Crippen LogP contribution in [0.15, 0.2) is 54.9 Å². The second-order valence-electron chi connectivity index (χ2n) is 8.09. The lowest BCUT2D eigenvalue weighted by Gasteiger charge is -2.19. The Morgan fingerprint density at radius 2 is 2.00 bits per heavy atom. The van der Waals surface area contributed by atoms with Gasteiger partial charge in [0.05, 0.1) is 39.6 Å². The number of benzene rings is 2. The summed E-state index contributed by atoms with van der Waals surface area (Å²) in [6, 6.07) is 14.8. The predicted molar refractivity (Wildman–Crippen MR) is 135 cm³/mol. The molecule has 0 radical (unpaired) electrons. The number of nitriles is 1. The molecule has 0 atom stereocenters. The van der Waals surface area contributed by atoms with Gasteiger partial charge in [0.1, 0.15) is 11.9 Å². The van der Waals surface area contributed by atoms with E-state index in [1.165, 1.54) is 0 Å². The Morgan fingerprint density at radius 1 is 1.14 bits per heavy atom. The van der Waals surface area contributed by atoms with Gasteiger partial charge in [0.15, 0.2) is 0 Å². The Kier molecular flexibility index (Phi) is 6.12. The summed E-state index contributed by atoms with van der Waals surface area (Å²) >= 11 is 12.1. The number of hydrogen-bond acceptors (Lipinski definition) is 6. The quantitative estimate of drug-likeness (QED) is 0.414. The fourth-order valence-electron chi connectivity index (χ4n) is 4.14. The van der Waals surface area contributed by atoms with Crippen molar-refractivity contribution >= 4 is 46.6 Å². The van der Waals surface area contributed by atoms with E-state index in [1.807, 2.05) is 19.2 Å². The summed E-state index contributed by atoms with van der Waals surface area (Å²) in [5.74, 6) is 1.07. The van der Waals surface area contributed by atoms with Crippen LogP contribution < -0.4 is 10.2 Å². The fraction of sp³-hybridized carbons (Fsp3) is 0.160. The third-order valence-electron chi connectivity index (χ3n) is 5.84. The van der Waals surface area contributed by atoms with E-state index in [1.54, 1.807) is 52.3 Å². The zero-order chi connectivity index (χ0) is 24.5. The maximum atomic E-state index is 13.1. The van der Waals surface area contributed by atoms with Gasteiger partial charge in [0.25, 0.3) is 0 Å². The minimum absolute atomic E-state index is 0.101. The van der Waals surface area contributed by atoms with E-state index in [4.69, 9.17) is 23.2 Å². The number of halogens is 2. The first-order valence-electron chi connectivity index (χ1n) is 10.8. The second kappa shape index (κ2) is 9.37. The van der Waals surface area contributed by atoms with E-state index in [9.17, 15) is 10.1 Å². The molecule has 0 unspecified atom stereocenters. The summed E-state index contributed by atoms with van der Waals surface area (Å²) in [6.07, 6.45) is 4.15. The third-order valence-corrected chi connectivity index (χ3v) is 6.58. The molecule has 0 saturated carbocycles. The number of rotatable bonds is 5. The van der Waals surface area contributed by atoms with Gasteiger partial charge in [-0.1, -0.05) is 29.3 Å². The second-order valence-corrected chi connectivity index (χ2v) is 8.91. The number of carbonyl (C=O) groups is 1. The minimum Gasteiger partial charge on any atom is -0.310 e. The number of hydrogen-bond donors (Lipinski definition) is 1. The van der Waals surface area contributed by atoms with Crippen LogP contribution >= 0.6 is 23.2 Å². The highest BCUT2D eigenvalue weighted by Gasteiger charge is 2.28. The Balaban J connectivity index is 1.43. The molecule has 0 saturated heterocycles. The van der Waals surface area contributed by atoms with E-state index < -0.39 is 0 Å². The average Bonchev–Trinajstić information content (AvgIpc) is 3.47. The van der Waals surface area contributed by atoms with E-state index in [0.717, 1.165) is 22.5 Å². The van der Waals surface area contributed by atoms with Crippen molar-refractivity contribution in [2.45, 2.75) is 12.8 Å². The molecule has 4 aromatic rings. The van der Waals surface area contributed by atoms with Crippen molar-refractivity contribution in [2.75, 3.05) is 16.8 Å². The normalized spacial score (nSPS) is 12.3. The molecule has 5 rings (SSSR count). The number of fused-ring (bicyclic) bond motifs is 1. The molecule has 1 amide bonds. The van der Waals surface area contributed by atoms with Gasteiger partial charge in [0.2, 0.25) is 11.9 Å². The van der Waals surface area contributed by atoms with Gasteiger partial charge >= 0.3 is 0 Å². The first kappa shape index (κ1) is 22.8. The maximum Gasteiger partial charge on any atom is 0.231 e. The molecule has 0 aliphatic carbocycles. The highest BCUT2D eigenvalue weighted by molar-refractivity contribution is 6.42. The molecule has 1 aliphatic heterocycles. The molecule has 35 heavy (non-hydrogen) atoms. The first-order valence-corrected chi connectivity index (χ1v) is 11.6. The number of nitrogens with zero attached hydrogens (tertiary/aromatic N) is 6. The molecule has 0 bridgehead atoms. The van der Waals surface area contributed by atoms with E-state index in [0.29, 0.717) is 45.9 Å². The van der Waals surface area contributed by atoms with Crippen molar-refractivity contribution in [3.05, 3.63) is 81.6 Å². The molecule has 0 spiro atoms. The zero-order valence-electron chi connectivity index (χ0n) is 18.7. The van der Waals surface area contributed by atoms with Gasteiger partial charge in [-0.3, -0.25) is 9.48 Å². The minimum atomic E-state index is -0.101. The number of aryl methyl sites for hydroxylation is 1. The molecule has 3 heterocycles. The van der Waals surface area contributed by atoms with Gasteiger partial charge in [0, 0.05) is 31.4 Å². The third kappa shape index (κ3) is 4.56. The highest BCUT2D eigenvalue weighted by atomic mass is 35.5. The van der Waals surface area contributed by atoms with Crippen LogP contribution in [0.1, 0.15) is 16.7 Å². The van der Waals surface area contributed by atoms with Crippen LogP contribution in [-0.4, -0.2) is 32.2 Å². The summed E-state index contributed by atoms with van der Waals surface area (Å²) < 4.78 is 1.68. The Morgan fingerprint density at radius 3 is 2.74 bits per heavy atom. The monoisotopic (exact) mass is 503 g/mol. The molecular weight excluding hydrogens is 485 g/mol. The van der Waals surface area contributed by atoms with E-state index >= 15 is 0 Å². The van der Waals surface area contributed by atoms with Crippen LogP contribution in [0.25, 0.3) is 11.3 Å². The summed E-state index contributed by atoms with van der Waals surface area (Å²) in [5.41, 5.74) is 4.24. The SMILES string of the molecule is Cn1nccc1Nc1nccc(-c2cc(C#N)c3c(c2)CCN3C(=O)Cc2ccc(Cl)c(Cl)c2)n1. The standard InChI is InChI=1S/C25H19Cl2N7O/c1-33-22(5-8-30-33)32-25-29-7-4-21(31-25)17-12-16-6-9-34(24(16)18(13-17)14-28)23(35)11-15-2-3-19(26)20(27)10-15/h2-5,7-8,10,12-13H,6,9,11H2,1H3,(H,29,31,32). The van der Waals surface area contributed by atoms with Gasteiger partial charge in [-0.2, -0.15) is 10.4 Å². The van der Waals surface area contributed by atoms with Crippen molar-refractivity contribution in [1.29, 1.82) is 5.26 Å². The fourth-order valence-corrected chi connectivity index (χ4v) is 4.46. The lowest BCUT2D eigenvalue weighted by Crippen LogP contribution is -2.30. The van der Waals surface area contributed by atoms with Crippen molar-refractivity contribution in [3.63, 3.8) is 0 Å². The first-order chi connectivity index (χ1) is 16.9. The van der Waals surface area contributed by atoms with Gasteiger partial charge in [-0.25, -0.2) is 9.97 Å². The lowest BCUT2D eigenvalue weighted by atomic mass is 10.0. The van der Waals surface area contributed by atoms with E-state index in [2.05, 4.69) is 26.5 Å². The highest BCUT2D eigenvalue weighted by Crippen LogP contribution is 2.36. The summed E-state index contributed by atoms with van der Waals surface area (Å²) in [7, 11) is 1.82. The summed E-state index contributed by atoms with van der Waals surface area (Å²) in [5, 5.41) is 18.0. The molecule has 0 fully saturated rings. The Hall–Kier alpha value is -3.93. The molecule has 174 valence electrons. The molecule has 2 aromatic heterocycles. The molecule has 10 heteroatoms. The van der Waals surface area contributed by atoms with Gasteiger partial charge in [-0.05, 0) is 47.9 Å². The molecule has 1 N–H and O–H groups in total. The van der Waals surface area contributed by atoms with Crippen LogP contribution in [0.2, 0.25) is 10.0 Å². The van der Waals surface area contributed by atoms with Crippen molar-refractivity contribution in [1.82, 2.24) is 19.7 Å². The maximum absolute atomic E-state index is 13.1. The molecule has 1 aliphatic rings. The van der Waals surface area contributed by atoms with Crippen LogP contribution in [0.5, 0.6) is 0 Å². The largest absolute Gasteiger partial charge is 0.310 e. The van der Waals surface area contributed by atoms with Crippen LogP contribution in [-0.2, 0) is 24.7 Å².